The summed E-state index contributed by atoms with van der Waals surface area (Å²) in [6, 6.07) is 8.47. The van der Waals surface area contributed by atoms with Crippen molar-refractivity contribution >= 4 is 23.2 Å². The quantitative estimate of drug-likeness (QED) is 0.779. The van der Waals surface area contributed by atoms with Gasteiger partial charge in [0.15, 0.2) is 17.2 Å². The molecule has 0 spiro atoms. The minimum Gasteiger partial charge on any atom is -0.463 e. The third kappa shape index (κ3) is 2.22. The largest absolute Gasteiger partial charge is 0.463 e. The van der Waals surface area contributed by atoms with Gasteiger partial charge in [-0.3, -0.25) is 0 Å². The average molecular weight is 310 g/mol. The standard InChI is InChI=1S/C14H9Cl2NO3/c15-8-3-4-11(16)9(6-8)14-10(7-18)13(17-20-14)12-2-1-5-19-12/h1-6,18H,7H2. The van der Waals surface area contributed by atoms with Gasteiger partial charge in [0.25, 0.3) is 0 Å². The molecule has 0 aliphatic carbocycles. The van der Waals surface area contributed by atoms with Gasteiger partial charge in [0.2, 0.25) is 0 Å². The monoisotopic (exact) mass is 309 g/mol. The molecule has 2 aromatic heterocycles. The van der Waals surface area contributed by atoms with E-state index < -0.39 is 0 Å². The fourth-order valence-corrected chi connectivity index (χ4v) is 2.32. The second kappa shape index (κ2) is 5.32. The zero-order valence-electron chi connectivity index (χ0n) is 10.1. The van der Waals surface area contributed by atoms with Gasteiger partial charge in [-0.15, -0.1) is 0 Å². The second-order valence-corrected chi connectivity index (χ2v) is 4.94. The Kier molecular flexibility index (Phi) is 3.53. The van der Waals surface area contributed by atoms with Crippen LogP contribution < -0.4 is 0 Å². The first kappa shape index (κ1) is 13.2. The van der Waals surface area contributed by atoms with Crippen LogP contribution >= 0.6 is 23.2 Å². The highest BCUT2D eigenvalue weighted by atomic mass is 35.5. The van der Waals surface area contributed by atoms with Gasteiger partial charge < -0.3 is 14.0 Å². The van der Waals surface area contributed by atoms with Crippen LogP contribution in [-0.4, -0.2) is 10.3 Å². The van der Waals surface area contributed by atoms with Gasteiger partial charge in [0.1, 0.15) is 0 Å². The lowest BCUT2D eigenvalue weighted by atomic mass is 10.1. The predicted octanol–water partition coefficient (Wildman–Crippen LogP) is 4.40. The molecule has 0 aliphatic rings. The third-order valence-electron chi connectivity index (χ3n) is 2.87. The van der Waals surface area contributed by atoms with Crippen molar-refractivity contribution in [3.05, 3.63) is 52.2 Å². The Morgan fingerprint density at radius 1 is 1.20 bits per heavy atom. The minimum atomic E-state index is -0.252. The van der Waals surface area contributed by atoms with E-state index in [0.29, 0.717) is 38.4 Å². The molecular formula is C14H9Cl2NO3. The Labute approximate surface area is 124 Å². The summed E-state index contributed by atoms with van der Waals surface area (Å²) in [5, 5.41) is 14.5. The molecule has 0 amide bonds. The summed E-state index contributed by atoms with van der Waals surface area (Å²) in [5.41, 5.74) is 1.53. The zero-order chi connectivity index (χ0) is 14.1. The Balaban J connectivity index is 2.18. The van der Waals surface area contributed by atoms with Crippen LogP contribution in [0.25, 0.3) is 22.8 Å². The number of hydrogen-bond acceptors (Lipinski definition) is 4. The number of hydrogen-bond donors (Lipinski definition) is 1. The van der Waals surface area contributed by atoms with Crippen molar-refractivity contribution in [3.8, 4) is 22.8 Å². The SMILES string of the molecule is OCc1c(-c2ccco2)noc1-c1cc(Cl)ccc1Cl. The summed E-state index contributed by atoms with van der Waals surface area (Å²) in [6.07, 6.45) is 1.53. The van der Waals surface area contributed by atoms with E-state index in [1.165, 1.54) is 6.26 Å². The topological polar surface area (TPSA) is 59.4 Å². The molecule has 102 valence electrons. The number of nitrogens with zero attached hydrogens (tertiary/aromatic N) is 1. The van der Waals surface area contributed by atoms with Crippen LogP contribution in [0.15, 0.2) is 45.5 Å². The second-order valence-electron chi connectivity index (χ2n) is 4.10. The highest BCUT2D eigenvalue weighted by Gasteiger charge is 2.21. The van der Waals surface area contributed by atoms with Crippen LogP contribution in [0.1, 0.15) is 5.56 Å². The molecule has 0 radical (unpaired) electrons. The maximum Gasteiger partial charge on any atom is 0.174 e. The summed E-state index contributed by atoms with van der Waals surface area (Å²) < 4.78 is 10.6. The Hall–Kier alpha value is -1.75. The van der Waals surface area contributed by atoms with E-state index in [1.54, 1.807) is 30.3 Å². The lowest BCUT2D eigenvalue weighted by molar-refractivity contribution is 0.281. The van der Waals surface area contributed by atoms with E-state index in [2.05, 4.69) is 5.16 Å². The Morgan fingerprint density at radius 2 is 2.05 bits per heavy atom. The molecule has 3 rings (SSSR count). The average Bonchev–Trinajstić information content (AvgIpc) is 3.08. The van der Waals surface area contributed by atoms with Gasteiger partial charge in [0, 0.05) is 10.6 Å². The van der Waals surface area contributed by atoms with Gasteiger partial charge in [-0.05, 0) is 30.3 Å². The van der Waals surface area contributed by atoms with Gasteiger partial charge >= 0.3 is 0 Å². The maximum atomic E-state index is 9.59. The maximum absolute atomic E-state index is 9.59. The number of aromatic nitrogens is 1. The highest BCUT2D eigenvalue weighted by molar-refractivity contribution is 6.35. The van der Waals surface area contributed by atoms with E-state index in [9.17, 15) is 5.11 Å². The summed E-state index contributed by atoms with van der Waals surface area (Å²) in [6.45, 7) is -0.252. The van der Waals surface area contributed by atoms with Crippen LogP contribution in [0.5, 0.6) is 0 Å². The molecule has 0 atom stereocenters. The van der Waals surface area contributed by atoms with Gasteiger partial charge in [-0.1, -0.05) is 28.4 Å². The van der Waals surface area contributed by atoms with Crippen molar-refractivity contribution < 1.29 is 14.0 Å². The molecule has 0 unspecified atom stereocenters. The van der Waals surface area contributed by atoms with E-state index >= 15 is 0 Å². The molecular weight excluding hydrogens is 301 g/mol. The van der Waals surface area contributed by atoms with Crippen LogP contribution in [0.3, 0.4) is 0 Å². The number of rotatable bonds is 3. The van der Waals surface area contributed by atoms with Crippen molar-refractivity contribution in [2.45, 2.75) is 6.61 Å². The lowest BCUT2D eigenvalue weighted by Gasteiger charge is -2.03. The molecule has 0 bridgehead atoms. The molecule has 0 aliphatic heterocycles. The van der Waals surface area contributed by atoms with Crippen LogP contribution in [-0.2, 0) is 6.61 Å². The first-order valence-electron chi connectivity index (χ1n) is 5.79. The fraction of sp³-hybridized carbons (Fsp3) is 0.0714. The van der Waals surface area contributed by atoms with E-state index in [4.69, 9.17) is 32.1 Å². The van der Waals surface area contributed by atoms with Gasteiger partial charge in [0.05, 0.1) is 23.5 Å². The minimum absolute atomic E-state index is 0.252. The van der Waals surface area contributed by atoms with Crippen molar-refractivity contribution in [2.75, 3.05) is 0 Å². The molecule has 20 heavy (non-hydrogen) atoms. The predicted molar refractivity (Wildman–Crippen MR) is 75.6 cm³/mol. The van der Waals surface area contributed by atoms with Crippen LogP contribution in [0.2, 0.25) is 10.0 Å². The molecule has 1 N–H and O–H groups in total. The number of furan rings is 1. The van der Waals surface area contributed by atoms with E-state index in [1.807, 2.05) is 0 Å². The smallest absolute Gasteiger partial charge is 0.174 e. The van der Waals surface area contributed by atoms with Gasteiger partial charge in [-0.25, -0.2) is 0 Å². The Morgan fingerprint density at radius 3 is 2.75 bits per heavy atom. The van der Waals surface area contributed by atoms with Crippen molar-refractivity contribution in [2.24, 2.45) is 0 Å². The van der Waals surface area contributed by atoms with Crippen molar-refractivity contribution in [1.29, 1.82) is 0 Å². The van der Waals surface area contributed by atoms with E-state index in [0.717, 1.165) is 0 Å². The fourth-order valence-electron chi connectivity index (χ4n) is 1.95. The van der Waals surface area contributed by atoms with Crippen LogP contribution in [0, 0.1) is 0 Å². The number of benzene rings is 1. The number of aliphatic hydroxyl groups is 1. The van der Waals surface area contributed by atoms with Crippen LogP contribution in [0.4, 0.5) is 0 Å². The number of aliphatic hydroxyl groups excluding tert-OH is 1. The number of halogens is 2. The first-order chi connectivity index (χ1) is 9.70. The summed E-state index contributed by atoms with van der Waals surface area (Å²) in [4.78, 5) is 0. The highest BCUT2D eigenvalue weighted by Crippen LogP contribution is 2.37. The normalized spacial score (nSPS) is 10.9. The third-order valence-corrected chi connectivity index (χ3v) is 3.44. The molecule has 6 heteroatoms. The molecule has 0 saturated heterocycles. The molecule has 0 fully saturated rings. The summed E-state index contributed by atoms with van der Waals surface area (Å²) in [5.74, 6) is 0.897. The molecule has 4 nitrogen and oxygen atoms in total. The zero-order valence-corrected chi connectivity index (χ0v) is 11.6. The lowest BCUT2D eigenvalue weighted by Crippen LogP contribution is -1.89. The first-order valence-corrected chi connectivity index (χ1v) is 6.55. The molecule has 0 saturated carbocycles. The molecule has 3 aromatic rings. The van der Waals surface area contributed by atoms with E-state index in [-0.39, 0.29) is 6.61 Å². The molecule has 2 heterocycles. The Bertz CT molecular complexity index is 735. The summed E-state index contributed by atoms with van der Waals surface area (Å²) >= 11 is 12.1. The summed E-state index contributed by atoms with van der Waals surface area (Å²) in [7, 11) is 0. The van der Waals surface area contributed by atoms with Crippen molar-refractivity contribution in [3.63, 3.8) is 0 Å². The van der Waals surface area contributed by atoms with Gasteiger partial charge in [-0.2, -0.15) is 0 Å². The molecule has 1 aromatic carbocycles. The van der Waals surface area contributed by atoms with Crippen molar-refractivity contribution in [1.82, 2.24) is 5.16 Å².